The minimum Gasteiger partial charge on any atom is -0.388 e. The Morgan fingerprint density at radius 3 is 2.91 bits per heavy atom. The first kappa shape index (κ1) is 16.4. The molecular formula is C17H27NO3S. The molecule has 0 amide bonds. The van der Waals surface area contributed by atoms with E-state index >= 15 is 0 Å². The second-order valence-corrected chi connectivity index (χ2v) is 7.25. The van der Waals surface area contributed by atoms with Crippen LogP contribution in [0.3, 0.4) is 0 Å². The number of thiophene rings is 1. The van der Waals surface area contributed by atoms with E-state index in [0.717, 1.165) is 44.0 Å². The molecule has 2 atom stereocenters. The summed E-state index contributed by atoms with van der Waals surface area (Å²) in [5, 5.41) is 12.5. The molecule has 0 spiro atoms. The number of aliphatic hydroxyl groups is 1. The standard InChI is InChI=1S/C17H27NO3S/c19-15(16-6-4-12-22-16)13-14-5-2-1-3-8-18(14)9-7-17-20-10-11-21-17/h4,6,12,14-15,17,19H,1-3,5,7-11,13H2/t14-,15-/m1/s1. The van der Waals surface area contributed by atoms with Crippen molar-refractivity contribution in [2.75, 3.05) is 26.3 Å². The van der Waals surface area contributed by atoms with Crippen LogP contribution >= 0.6 is 11.3 Å². The molecule has 3 rings (SSSR count). The molecule has 0 unspecified atom stereocenters. The van der Waals surface area contributed by atoms with Crippen molar-refractivity contribution in [2.24, 2.45) is 0 Å². The van der Waals surface area contributed by atoms with Crippen LogP contribution in [0.5, 0.6) is 0 Å². The Morgan fingerprint density at radius 2 is 2.14 bits per heavy atom. The Balaban J connectivity index is 1.55. The molecule has 2 fully saturated rings. The quantitative estimate of drug-likeness (QED) is 0.872. The second-order valence-electron chi connectivity index (χ2n) is 6.27. The van der Waals surface area contributed by atoms with Crippen molar-refractivity contribution >= 4 is 11.3 Å². The van der Waals surface area contributed by atoms with Crippen molar-refractivity contribution in [1.82, 2.24) is 4.90 Å². The molecule has 4 nitrogen and oxygen atoms in total. The van der Waals surface area contributed by atoms with Gasteiger partial charge in [-0.15, -0.1) is 11.3 Å². The lowest BCUT2D eigenvalue weighted by atomic mass is 10.0. The summed E-state index contributed by atoms with van der Waals surface area (Å²) in [7, 11) is 0. The zero-order chi connectivity index (χ0) is 15.2. The molecule has 0 saturated carbocycles. The lowest BCUT2D eigenvalue weighted by molar-refractivity contribution is -0.0542. The molecule has 1 N–H and O–H groups in total. The Bertz CT molecular complexity index is 420. The van der Waals surface area contributed by atoms with Gasteiger partial charge in [0.15, 0.2) is 6.29 Å². The van der Waals surface area contributed by atoms with Gasteiger partial charge in [0.05, 0.1) is 19.3 Å². The lowest BCUT2D eigenvalue weighted by Gasteiger charge is -2.31. The molecular weight excluding hydrogens is 298 g/mol. The van der Waals surface area contributed by atoms with Crippen molar-refractivity contribution in [3.63, 3.8) is 0 Å². The number of hydrogen-bond donors (Lipinski definition) is 1. The van der Waals surface area contributed by atoms with Crippen molar-refractivity contribution in [1.29, 1.82) is 0 Å². The summed E-state index contributed by atoms with van der Waals surface area (Å²) >= 11 is 1.65. The Hall–Kier alpha value is -0.460. The number of hydrogen-bond acceptors (Lipinski definition) is 5. The monoisotopic (exact) mass is 325 g/mol. The van der Waals surface area contributed by atoms with E-state index in [-0.39, 0.29) is 12.4 Å². The minimum absolute atomic E-state index is 0.0221. The van der Waals surface area contributed by atoms with Gasteiger partial charge in [0.2, 0.25) is 0 Å². The van der Waals surface area contributed by atoms with Crippen LogP contribution in [0.1, 0.15) is 49.5 Å². The number of rotatable bonds is 6. The van der Waals surface area contributed by atoms with Gasteiger partial charge in [-0.1, -0.05) is 18.9 Å². The van der Waals surface area contributed by atoms with Crippen molar-refractivity contribution in [2.45, 2.75) is 57.0 Å². The summed E-state index contributed by atoms with van der Waals surface area (Å²) in [6.07, 6.45) is 6.45. The molecule has 1 aromatic rings. The van der Waals surface area contributed by atoms with Gasteiger partial charge in [0.1, 0.15) is 0 Å². The molecule has 0 aromatic carbocycles. The van der Waals surface area contributed by atoms with Crippen molar-refractivity contribution in [3.8, 4) is 0 Å². The number of aliphatic hydroxyl groups excluding tert-OH is 1. The summed E-state index contributed by atoms with van der Waals surface area (Å²) < 4.78 is 11.1. The van der Waals surface area contributed by atoms with Gasteiger partial charge in [-0.25, -0.2) is 0 Å². The minimum atomic E-state index is -0.329. The normalized spacial score (nSPS) is 26.1. The van der Waals surface area contributed by atoms with Gasteiger partial charge in [-0.05, 0) is 37.3 Å². The summed E-state index contributed by atoms with van der Waals surface area (Å²) in [5.41, 5.74) is 0. The third kappa shape index (κ3) is 4.52. The molecule has 0 bridgehead atoms. The fourth-order valence-corrected chi connectivity index (χ4v) is 4.22. The van der Waals surface area contributed by atoms with Crippen molar-refractivity contribution in [3.05, 3.63) is 22.4 Å². The highest BCUT2D eigenvalue weighted by Gasteiger charge is 2.26. The summed E-state index contributed by atoms with van der Waals surface area (Å²) in [5.74, 6) is 0. The van der Waals surface area contributed by atoms with Crippen molar-refractivity contribution < 1.29 is 14.6 Å². The molecule has 124 valence electrons. The van der Waals surface area contributed by atoms with E-state index in [4.69, 9.17) is 9.47 Å². The molecule has 1 aromatic heterocycles. The molecule has 0 aliphatic carbocycles. The number of nitrogens with zero attached hydrogens (tertiary/aromatic N) is 1. The van der Waals surface area contributed by atoms with Gasteiger partial charge < -0.3 is 19.5 Å². The molecule has 2 aliphatic heterocycles. The van der Waals surface area contributed by atoms with E-state index in [9.17, 15) is 5.11 Å². The fraction of sp³-hybridized carbons (Fsp3) is 0.765. The Morgan fingerprint density at radius 1 is 1.27 bits per heavy atom. The van der Waals surface area contributed by atoms with Gasteiger partial charge in [-0.2, -0.15) is 0 Å². The number of ether oxygens (including phenoxy) is 2. The predicted octanol–water partition coefficient (Wildman–Crippen LogP) is 3.18. The summed E-state index contributed by atoms with van der Waals surface area (Å²) in [6.45, 7) is 3.59. The Labute approximate surface area is 137 Å². The Kier molecular flexibility index (Phi) is 6.27. The average Bonchev–Trinajstić information content (AvgIpc) is 3.18. The first-order chi connectivity index (χ1) is 10.8. The first-order valence-corrected chi connectivity index (χ1v) is 9.39. The molecule has 0 radical (unpaired) electrons. The third-order valence-electron chi connectivity index (χ3n) is 4.71. The average molecular weight is 325 g/mol. The van der Waals surface area contributed by atoms with E-state index in [1.165, 1.54) is 25.7 Å². The largest absolute Gasteiger partial charge is 0.388 e. The topological polar surface area (TPSA) is 41.9 Å². The second kappa shape index (κ2) is 8.41. The van der Waals surface area contributed by atoms with Gasteiger partial charge in [-0.3, -0.25) is 0 Å². The smallest absolute Gasteiger partial charge is 0.159 e. The highest BCUT2D eigenvalue weighted by atomic mass is 32.1. The molecule has 22 heavy (non-hydrogen) atoms. The predicted molar refractivity (Wildman–Crippen MR) is 88.0 cm³/mol. The highest BCUT2D eigenvalue weighted by molar-refractivity contribution is 7.10. The molecule has 2 saturated heterocycles. The zero-order valence-electron chi connectivity index (χ0n) is 13.2. The van der Waals surface area contributed by atoms with Crippen LogP contribution in [0, 0.1) is 0 Å². The summed E-state index contributed by atoms with van der Waals surface area (Å²) in [6, 6.07) is 4.53. The van der Waals surface area contributed by atoms with E-state index in [1.54, 1.807) is 11.3 Å². The van der Waals surface area contributed by atoms with Crippen LogP contribution in [0.4, 0.5) is 0 Å². The van der Waals surface area contributed by atoms with E-state index in [2.05, 4.69) is 4.90 Å². The van der Waals surface area contributed by atoms with E-state index in [0.29, 0.717) is 6.04 Å². The highest BCUT2D eigenvalue weighted by Crippen LogP contribution is 2.29. The maximum atomic E-state index is 10.5. The lowest BCUT2D eigenvalue weighted by Crippen LogP contribution is -2.38. The first-order valence-electron chi connectivity index (χ1n) is 8.51. The molecule has 2 aliphatic rings. The zero-order valence-corrected chi connectivity index (χ0v) is 14.0. The van der Waals surface area contributed by atoms with Crippen LogP contribution in [0.15, 0.2) is 17.5 Å². The van der Waals surface area contributed by atoms with Crippen LogP contribution in [-0.2, 0) is 9.47 Å². The third-order valence-corrected chi connectivity index (χ3v) is 5.68. The molecule has 3 heterocycles. The van der Waals surface area contributed by atoms with Crippen LogP contribution in [0.25, 0.3) is 0 Å². The fourth-order valence-electron chi connectivity index (χ4n) is 3.50. The van der Waals surface area contributed by atoms with Crippen LogP contribution in [-0.4, -0.2) is 48.6 Å². The van der Waals surface area contributed by atoms with E-state index in [1.807, 2.05) is 17.5 Å². The summed E-state index contributed by atoms with van der Waals surface area (Å²) in [4.78, 5) is 3.64. The molecule has 5 heteroatoms. The number of likely N-dealkylation sites (tertiary alicyclic amines) is 1. The van der Waals surface area contributed by atoms with Gasteiger partial charge in [0, 0.05) is 23.9 Å². The maximum Gasteiger partial charge on any atom is 0.159 e. The van der Waals surface area contributed by atoms with Crippen LogP contribution < -0.4 is 0 Å². The SMILES string of the molecule is O[C@H](C[C@H]1CCCCCN1CCC1OCCO1)c1cccs1. The maximum absolute atomic E-state index is 10.5. The van der Waals surface area contributed by atoms with E-state index < -0.39 is 0 Å². The van der Waals surface area contributed by atoms with Gasteiger partial charge >= 0.3 is 0 Å². The van der Waals surface area contributed by atoms with Gasteiger partial charge in [0.25, 0.3) is 0 Å². The van der Waals surface area contributed by atoms with Crippen LogP contribution in [0.2, 0.25) is 0 Å².